The number of nitrogens with zero attached hydrogens (tertiary/aromatic N) is 4. The lowest BCUT2D eigenvalue weighted by Gasteiger charge is -2.32. The molecule has 208 valence electrons. The molecule has 0 saturated heterocycles. The second kappa shape index (κ2) is 13.9. The highest BCUT2D eigenvalue weighted by Gasteiger charge is 2.27. The third-order valence-electron chi connectivity index (χ3n) is 7.06. The Balaban J connectivity index is 0.00000420. The minimum absolute atomic E-state index is 0. The van der Waals surface area contributed by atoms with Gasteiger partial charge in [0.1, 0.15) is 0 Å². The zero-order valence-electron chi connectivity index (χ0n) is 23.0. The monoisotopic (exact) mass is 529 g/mol. The molecule has 1 aromatic heterocycles. The summed E-state index contributed by atoms with van der Waals surface area (Å²) < 4.78 is 0. The van der Waals surface area contributed by atoms with E-state index in [2.05, 4.69) is 36.3 Å². The first kappa shape index (κ1) is 29.8. The second-order valence-electron chi connectivity index (χ2n) is 10.5. The molecule has 2 amide bonds. The average Bonchev–Trinajstić information content (AvgIpc) is 3.35. The summed E-state index contributed by atoms with van der Waals surface area (Å²) in [5.74, 6) is 0.457. The fourth-order valence-electron chi connectivity index (χ4n) is 4.79. The van der Waals surface area contributed by atoms with Crippen LogP contribution in [-0.4, -0.2) is 53.5 Å². The molecule has 0 radical (unpaired) electrons. The van der Waals surface area contributed by atoms with Gasteiger partial charge in [-0.1, -0.05) is 63.7 Å². The van der Waals surface area contributed by atoms with Crippen molar-refractivity contribution in [3.05, 3.63) is 83.6 Å². The van der Waals surface area contributed by atoms with Crippen molar-refractivity contribution in [3.63, 3.8) is 0 Å². The summed E-state index contributed by atoms with van der Waals surface area (Å²) in [5, 5.41) is 6.80. The van der Waals surface area contributed by atoms with Crippen molar-refractivity contribution in [1.82, 2.24) is 20.3 Å². The molecule has 0 atom stereocenters. The Morgan fingerprint density at radius 3 is 2.33 bits per heavy atom. The standard InChI is InChI=1S/C31H39N5O2.CH4/c1-23(2)10-9-17-33-30(37)21-35(29-18-25(15-14-24(29)3)28-13-7-8-16-32-28)22-31(38)34(4)36-19-26-11-5-6-12-27(26)20-36;/h5-8,11-16,18,23H,9-10,17,19-22H2,1-4H3,(H,33,37);1H4. The number of likely N-dealkylation sites (N-methyl/N-ethyl adjacent to an activating group) is 1. The number of aryl methyl sites for hydroxylation is 1. The molecule has 0 unspecified atom stereocenters. The highest BCUT2D eigenvalue weighted by atomic mass is 16.2. The largest absolute Gasteiger partial charge is 0.355 e. The molecule has 0 bridgehead atoms. The van der Waals surface area contributed by atoms with Gasteiger partial charge < -0.3 is 10.2 Å². The molecule has 0 saturated carbocycles. The summed E-state index contributed by atoms with van der Waals surface area (Å²) in [4.78, 5) is 32.9. The van der Waals surface area contributed by atoms with E-state index in [9.17, 15) is 9.59 Å². The second-order valence-corrected chi connectivity index (χ2v) is 10.5. The van der Waals surface area contributed by atoms with Crippen molar-refractivity contribution in [2.24, 2.45) is 5.92 Å². The molecule has 2 aromatic carbocycles. The fourth-order valence-corrected chi connectivity index (χ4v) is 4.79. The van der Waals surface area contributed by atoms with E-state index in [1.165, 1.54) is 11.1 Å². The minimum Gasteiger partial charge on any atom is -0.355 e. The number of hydrogen-bond donors (Lipinski definition) is 1. The lowest BCUT2D eigenvalue weighted by atomic mass is 10.1. The first-order chi connectivity index (χ1) is 18.3. The van der Waals surface area contributed by atoms with Crippen LogP contribution in [0.5, 0.6) is 0 Å². The Bertz CT molecular complexity index is 1220. The van der Waals surface area contributed by atoms with E-state index >= 15 is 0 Å². The lowest BCUT2D eigenvalue weighted by molar-refractivity contribution is -0.145. The number of carbonyl (C=O) groups is 2. The van der Waals surface area contributed by atoms with E-state index in [1.807, 2.05) is 72.4 Å². The fraction of sp³-hybridized carbons (Fsp3) is 0.406. The van der Waals surface area contributed by atoms with Gasteiger partial charge in [-0.25, -0.2) is 5.01 Å². The Kier molecular flexibility index (Phi) is 10.6. The zero-order valence-corrected chi connectivity index (χ0v) is 23.0. The number of amides is 2. The average molecular weight is 530 g/mol. The highest BCUT2D eigenvalue weighted by molar-refractivity contribution is 5.87. The van der Waals surface area contributed by atoms with E-state index in [4.69, 9.17) is 0 Å². The number of benzene rings is 2. The third-order valence-corrected chi connectivity index (χ3v) is 7.06. The molecular weight excluding hydrogens is 486 g/mol. The van der Waals surface area contributed by atoms with Crippen LogP contribution in [0.2, 0.25) is 0 Å². The molecule has 1 aliphatic heterocycles. The predicted molar refractivity (Wildman–Crippen MR) is 159 cm³/mol. The van der Waals surface area contributed by atoms with Crippen molar-refractivity contribution >= 4 is 17.5 Å². The van der Waals surface area contributed by atoms with Gasteiger partial charge in [-0.3, -0.25) is 19.6 Å². The van der Waals surface area contributed by atoms with E-state index in [-0.39, 0.29) is 32.3 Å². The SMILES string of the molecule is C.Cc1ccc(-c2ccccn2)cc1N(CC(=O)NCCCC(C)C)CC(=O)N(C)N1Cc2ccccc2C1. The zero-order chi connectivity index (χ0) is 27.1. The number of anilines is 1. The Labute approximate surface area is 233 Å². The molecule has 7 heteroatoms. The third kappa shape index (κ3) is 7.90. The topological polar surface area (TPSA) is 68.8 Å². The highest BCUT2D eigenvalue weighted by Crippen LogP contribution is 2.28. The van der Waals surface area contributed by atoms with Crippen LogP contribution in [0, 0.1) is 12.8 Å². The molecule has 0 aliphatic carbocycles. The normalized spacial score (nSPS) is 12.5. The summed E-state index contributed by atoms with van der Waals surface area (Å²) >= 11 is 0. The number of fused-ring (bicyclic) bond motifs is 1. The smallest absolute Gasteiger partial charge is 0.256 e. The van der Waals surface area contributed by atoms with Crippen molar-refractivity contribution in [2.45, 2.75) is 54.1 Å². The Morgan fingerprint density at radius 2 is 1.69 bits per heavy atom. The van der Waals surface area contributed by atoms with Gasteiger partial charge in [-0.2, -0.15) is 0 Å². The maximum Gasteiger partial charge on any atom is 0.256 e. The molecule has 39 heavy (non-hydrogen) atoms. The first-order valence-corrected chi connectivity index (χ1v) is 13.4. The van der Waals surface area contributed by atoms with Gasteiger partial charge in [0.15, 0.2) is 0 Å². The van der Waals surface area contributed by atoms with Crippen molar-refractivity contribution in [2.75, 3.05) is 31.6 Å². The molecule has 2 heterocycles. The van der Waals surface area contributed by atoms with E-state index < -0.39 is 0 Å². The minimum atomic E-state index is -0.0829. The quantitative estimate of drug-likeness (QED) is 0.335. The number of nitrogens with one attached hydrogen (secondary N) is 1. The predicted octanol–water partition coefficient (Wildman–Crippen LogP) is 5.44. The molecule has 0 fully saturated rings. The summed E-state index contributed by atoms with van der Waals surface area (Å²) in [6.45, 7) is 8.60. The maximum atomic E-state index is 13.5. The number of hydrogen-bond acceptors (Lipinski definition) is 5. The molecule has 3 aromatic rings. The van der Waals surface area contributed by atoms with Gasteiger partial charge in [0, 0.05) is 44.1 Å². The summed E-state index contributed by atoms with van der Waals surface area (Å²) in [7, 11) is 1.82. The van der Waals surface area contributed by atoms with Crippen LogP contribution in [0.3, 0.4) is 0 Å². The van der Waals surface area contributed by atoms with Crippen LogP contribution >= 0.6 is 0 Å². The Morgan fingerprint density at radius 1 is 1.00 bits per heavy atom. The van der Waals surface area contributed by atoms with Gasteiger partial charge in [-0.05, 0) is 60.6 Å². The van der Waals surface area contributed by atoms with E-state index in [1.54, 1.807) is 11.2 Å². The van der Waals surface area contributed by atoms with Crippen LogP contribution in [0.25, 0.3) is 11.3 Å². The summed E-state index contributed by atoms with van der Waals surface area (Å²) in [6.07, 6.45) is 3.77. The molecule has 7 nitrogen and oxygen atoms in total. The molecule has 1 aliphatic rings. The summed E-state index contributed by atoms with van der Waals surface area (Å²) in [6, 6.07) is 20.2. The Hall–Kier alpha value is -3.71. The number of carbonyl (C=O) groups excluding carboxylic acids is 2. The molecule has 1 N–H and O–H groups in total. The van der Waals surface area contributed by atoms with Crippen LogP contribution in [-0.2, 0) is 22.7 Å². The lowest BCUT2D eigenvalue weighted by Crippen LogP contribution is -2.48. The number of pyridine rings is 1. The molecular formula is C32H43N5O2. The van der Waals surface area contributed by atoms with Crippen molar-refractivity contribution in [1.29, 1.82) is 0 Å². The summed E-state index contributed by atoms with van der Waals surface area (Å²) in [5.41, 5.74) is 6.14. The van der Waals surface area contributed by atoms with Crippen molar-refractivity contribution < 1.29 is 9.59 Å². The number of aromatic nitrogens is 1. The molecule has 4 rings (SSSR count). The van der Waals surface area contributed by atoms with Crippen molar-refractivity contribution in [3.8, 4) is 11.3 Å². The number of rotatable bonds is 11. The first-order valence-electron chi connectivity index (χ1n) is 13.4. The van der Waals surface area contributed by atoms with Gasteiger partial charge >= 0.3 is 0 Å². The van der Waals surface area contributed by atoms with Gasteiger partial charge in [0.05, 0.1) is 18.8 Å². The van der Waals surface area contributed by atoms with Crippen LogP contribution in [0.4, 0.5) is 5.69 Å². The van der Waals surface area contributed by atoms with Crippen LogP contribution in [0.1, 0.15) is 50.8 Å². The van der Waals surface area contributed by atoms with Gasteiger partial charge in [0.2, 0.25) is 5.91 Å². The van der Waals surface area contributed by atoms with E-state index in [0.717, 1.165) is 35.3 Å². The van der Waals surface area contributed by atoms with Crippen LogP contribution < -0.4 is 10.2 Å². The van der Waals surface area contributed by atoms with Gasteiger partial charge in [0.25, 0.3) is 5.91 Å². The van der Waals surface area contributed by atoms with Crippen LogP contribution in [0.15, 0.2) is 66.9 Å². The maximum absolute atomic E-state index is 13.5. The van der Waals surface area contributed by atoms with Gasteiger partial charge in [-0.15, -0.1) is 0 Å². The van der Waals surface area contributed by atoms with E-state index in [0.29, 0.717) is 25.6 Å². The number of hydrazine groups is 1. The molecule has 0 spiro atoms.